The van der Waals surface area contributed by atoms with Crippen LogP contribution in [0.4, 0.5) is 0 Å². The molecule has 4 nitrogen and oxygen atoms in total. The molecule has 4 heteroatoms. The van der Waals surface area contributed by atoms with Gasteiger partial charge in [-0.05, 0) is 30.7 Å². The first-order valence-corrected chi connectivity index (χ1v) is 6.86. The van der Waals surface area contributed by atoms with Gasteiger partial charge in [-0.1, -0.05) is 24.3 Å². The van der Waals surface area contributed by atoms with Crippen LogP contribution in [0.25, 0.3) is 28.0 Å². The standard InChI is InChI=1S/C17H14N4/c1-12-4-2-3-5-15(12)17-18-8-9-21(17)14-6-7-16-13(10-14)11-19-20-16/h2-11H,1H3,(H,19,20). The van der Waals surface area contributed by atoms with Crippen LogP contribution in [0, 0.1) is 6.92 Å². The van der Waals surface area contributed by atoms with Crippen LogP contribution in [0.1, 0.15) is 5.56 Å². The van der Waals surface area contributed by atoms with E-state index in [9.17, 15) is 0 Å². The molecule has 0 radical (unpaired) electrons. The van der Waals surface area contributed by atoms with Crippen LogP contribution in [-0.4, -0.2) is 19.7 Å². The van der Waals surface area contributed by atoms with E-state index in [1.807, 2.05) is 36.8 Å². The first-order chi connectivity index (χ1) is 10.3. The predicted octanol–water partition coefficient (Wildman–Crippen LogP) is 3.72. The monoisotopic (exact) mass is 274 g/mol. The van der Waals surface area contributed by atoms with E-state index >= 15 is 0 Å². The smallest absolute Gasteiger partial charge is 0.144 e. The quantitative estimate of drug-likeness (QED) is 0.605. The van der Waals surface area contributed by atoms with E-state index in [4.69, 9.17) is 0 Å². The van der Waals surface area contributed by atoms with Gasteiger partial charge in [0, 0.05) is 29.0 Å². The van der Waals surface area contributed by atoms with Gasteiger partial charge in [-0.2, -0.15) is 5.10 Å². The summed E-state index contributed by atoms with van der Waals surface area (Å²) in [6.07, 6.45) is 5.66. The fourth-order valence-electron chi connectivity index (χ4n) is 2.61. The molecule has 4 rings (SSSR count). The molecular weight excluding hydrogens is 260 g/mol. The van der Waals surface area contributed by atoms with E-state index in [1.54, 1.807) is 0 Å². The summed E-state index contributed by atoms with van der Waals surface area (Å²) in [5, 5.41) is 8.14. The molecule has 4 aromatic rings. The first-order valence-electron chi connectivity index (χ1n) is 6.86. The van der Waals surface area contributed by atoms with Crippen LogP contribution < -0.4 is 0 Å². The van der Waals surface area contributed by atoms with E-state index in [-0.39, 0.29) is 0 Å². The van der Waals surface area contributed by atoms with E-state index < -0.39 is 0 Å². The topological polar surface area (TPSA) is 46.5 Å². The van der Waals surface area contributed by atoms with Crippen molar-refractivity contribution in [3.63, 3.8) is 0 Å². The maximum Gasteiger partial charge on any atom is 0.144 e. The van der Waals surface area contributed by atoms with E-state index in [0.717, 1.165) is 28.0 Å². The SMILES string of the molecule is Cc1ccccc1-c1nccn1-c1ccc2[nH]ncc2c1. The van der Waals surface area contributed by atoms with Gasteiger partial charge in [0.2, 0.25) is 0 Å². The molecule has 0 aliphatic heterocycles. The summed E-state index contributed by atoms with van der Waals surface area (Å²) in [4.78, 5) is 4.53. The summed E-state index contributed by atoms with van der Waals surface area (Å²) < 4.78 is 2.11. The average molecular weight is 274 g/mol. The van der Waals surface area contributed by atoms with Gasteiger partial charge in [-0.25, -0.2) is 4.98 Å². The minimum atomic E-state index is 0.955. The molecule has 102 valence electrons. The van der Waals surface area contributed by atoms with Crippen molar-refractivity contribution in [3.8, 4) is 17.1 Å². The average Bonchev–Trinajstić information content (AvgIpc) is 3.15. The fourth-order valence-corrected chi connectivity index (χ4v) is 2.61. The first kappa shape index (κ1) is 11.9. The number of nitrogens with zero attached hydrogens (tertiary/aromatic N) is 3. The molecule has 0 saturated carbocycles. The molecule has 21 heavy (non-hydrogen) atoms. The summed E-state index contributed by atoms with van der Waals surface area (Å²) >= 11 is 0. The van der Waals surface area contributed by atoms with Gasteiger partial charge < -0.3 is 0 Å². The second kappa shape index (κ2) is 4.59. The van der Waals surface area contributed by atoms with Gasteiger partial charge >= 0.3 is 0 Å². The molecule has 2 aromatic carbocycles. The molecular formula is C17H14N4. The summed E-state index contributed by atoms with van der Waals surface area (Å²) in [5.74, 6) is 0.955. The second-order valence-electron chi connectivity index (χ2n) is 5.08. The Labute approximate surface area is 122 Å². The molecule has 0 spiro atoms. The van der Waals surface area contributed by atoms with Crippen LogP contribution in [-0.2, 0) is 0 Å². The molecule has 0 aliphatic carbocycles. The lowest BCUT2D eigenvalue weighted by atomic mass is 10.1. The fraction of sp³-hybridized carbons (Fsp3) is 0.0588. The Bertz CT molecular complexity index is 917. The Morgan fingerprint density at radius 3 is 2.90 bits per heavy atom. The van der Waals surface area contributed by atoms with Crippen LogP contribution in [0.15, 0.2) is 61.1 Å². The number of H-pyrrole nitrogens is 1. The number of aryl methyl sites for hydroxylation is 1. The zero-order valence-electron chi connectivity index (χ0n) is 11.6. The zero-order valence-corrected chi connectivity index (χ0v) is 11.6. The van der Waals surface area contributed by atoms with Crippen molar-refractivity contribution in [1.82, 2.24) is 19.7 Å². The maximum absolute atomic E-state index is 4.53. The number of imidazole rings is 1. The zero-order chi connectivity index (χ0) is 14.2. The van der Waals surface area contributed by atoms with Crippen LogP contribution in [0.3, 0.4) is 0 Å². The molecule has 2 heterocycles. The number of aromatic amines is 1. The van der Waals surface area contributed by atoms with Crippen molar-refractivity contribution in [2.75, 3.05) is 0 Å². The molecule has 0 bridgehead atoms. The van der Waals surface area contributed by atoms with Crippen molar-refractivity contribution >= 4 is 10.9 Å². The van der Waals surface area contributed by atoms with Crippen LogP contribution in [0.5, 0.6) is 0 Å². The molecule has 1 N–H and O–H groups in total. The highest BCUT2D eigenvalue weighted by Gasteiger charge is 2.10. The summed E-state index contributed by atoms with van der Waals surface area (Å²) in [6, 6.07) is 14.5. The predicted molar refractivity (Wildman–Crippen MR) is 83.4 cm³/mol. The third kappa shape index (κ3) is 1.92. The minimum absolute atomic E-state index is 0.955. The van der Waals surface area contributed by atoms with Crippen LogP contribution >= 0.6 is 0 Å². The summed E-state index contributed by atoms with van der Waals surface area (Å²) in [7, 11) is 0. The third-order valence-electron chi connectivity index (χ3n) is 3.73. The number of hydrogen-bond acceptors (Lipinski definition) is 2. The highest BCUT2D eigenvalue weighted by atomic mass is 15.1. The van der Waals surface area contributed by atoms with Gasteiger partial charge in [0.05, 0.1) is 11.7 Å². The van der Waals surface area contributed by atoms with Gasteiger partial charge in [0.15, 0.2) is 0 Å². The van der Waals surface area contributed by atoms with Crippen molar-refractivity contribution in [3.05, 3.63) is 66.6 Å². The third-order valence-corrected chi connectivity index (χ3v) is 3.73. The Kier molecular flexibility index (Phi) is 2.60. The van der Waals surface area contributed by atoms with Crippen LogP contribution in [0.2, 0.25) is 0 Å². The Morgan fingerprint density at radius 2 is 2.00 bits per heavy atom. The Morgan fingerprint density at radius 1 is 1.10 bits per heavy atom. The van der Waals surface area contributed by atoms with Gasteiger partial charge in [-0.3, -0.25) is 9.67 Å². The number of fused-ring (bicyclic) bond motifs is 1. The molecule has 0 unspecified atom stereocenters. The lowest BCUT2D eigenvalue weighted by Crippen LogP contribution is -1.97. The number of benzene rings is 2. The van der Waals surface area contributed by atoms with Crippen molar-refractivity contribution in [1.29, 1.82) is 0 Å². The van der Waals surface area contributed by atoms with Crippen molar-refractivity contribution < 1.29 is 0 Å². The van der Waals surface area contributed by atoms with Crippen molar-refractivity contribution in [2.45, 2.75) is 6.92 Å². The minimum Gasteiger partial charge on any atom is -0.300 e. The highest BCUT2D eigenvalue weighted by molar-refractivity contribution is 5.80. The number of nitrogens with one attached hydrogen (secondary N) is 1. The highest BCUT2D eigenvalue weighted by Crippen LogP contribution is 2.25. The molecule has 0 fully saturated rings. The number of aromatic nitrogens is 4. The summed E-state index contributed by atoms with van der Waals surface area (Å²) in [5.41, 5.74) is 4.49. The van der Waals surface area contributed by atoms with Gasteiger partial charge in [0.25, 0.3) is 0 Å². The molecule has 0 amide bonds. The lowest BCUT2D eigenvalue weighted by Gasteiger charge is -2.10. The van der Waals surface area contributed by atoms with E-state index in [0.29, 0.717) is 0 Å². The molecule has 0 atom stereocenters. The van der Waals surface area contributed by atoms with Gasteiger partial charge in [0.1, 0.15) is 5.82 Å². The van der Waals surface area contributed by atoms with Gasteiger partial charge in [-0.15, -0.1) is 0 Å². The largest absolute Gasteiger partial charge is 0.300 e. The summed E-state index contributed by atoms with van der Waals surface area (Å²) in [6.45, 7) is 2.10. The number of hydrogen-bond donors (Lipinski definition) is 1. The molecule has 0 aliphatic rings. The number of rotatable bonds is 2. The van der Waals surface area contributed by atoms with E-state index in [1.165, 1.54) is 5.56 Å². The Hall–Kier alpha value is -2.88. The van der Waals surface area contributed by atoms with E-state index in [2.05, 4.69) is 50.9 Å². The normalized spacial score (nSPS) is 11.1. The lowest BCUT2D eigenvalue weighted by molar-refractivity contribution is 1.07. The second-order valence-corrected chi connectivity index (χ2v) is 5.08. The van der Waals surface area contributed by atoms with Crippen molar-refractivity contribution in [2.24, 2.45) is 0 Å². The maximum atomic E-state index is 4.53. The molecule has 0 saturated heterocycles. The molecule has 2 aromatic heterocycles. The Balaban J connectivity index is 1.90.